The third kappa shape index (κ3) is 5.36. The summed E-state index contributed by atoms with van der Waals surface area (Å²) in [7, 11) is 0. The molecule has 0 heterocycles. The Balaban J connectivity index is 0.00000220. The summed E-state index contributed by atoms with van der Waals surface area (Å²) in [5.41, 5.74) is 7.14. The van der Waals surface area contributed by atoms with E-state index in [-0.39, 0.29) is 36.2 Å². The molecule has 6 heteroatoms. The van der Waals surface area contributed by atoms with Gasteiger partial charge in [0.25, 0.3) is 0 Å². The molecule has 1 aliphatic rings. The van der Waals surface area contributed by atoms with Crippen molar-refractivity contribution in [3.05, 3.63) is 29.8 Å². The van der Waals surface area contributed by atoms with E-state index in [0.29, 0.717) is 13.0 Å². The minimum Gasteiger partial charge on any atom is -0.350 e. The van der Waals surface area contributed by atoms with Gasteiger partial charge in [0.05, 0.1) is 6.04 Å². The van der Waals surface area contributed by atoms with E-state index in [4.69, 9.17) is 5.73 Å². The lowest BCUT2D eigenvalue weighted by Gasteiger charge is -2.14. The fraction of sp³-hybridized carbons (Fsp3) is 0.467. The van der Waals surface area contributed by atoms with Gasteiger partial charge in [0.15, 0.2) is 0 Å². The highest BCUT2D eigenvalue weighted by Crippen LogP contribution is 2.30. The topological polar surface area (TPSA) is 84.2 Å². The predicted octanol–water partition coefficient (Wildman–Crippen LogP) is 1.98. The largest absolute Gasteiger partial charge is 0.350 e. The molecule has 1 atom stereocenters. The molecule has 1 aliphatic carbocycles. The number of anilines is 1. The third-order valence-electron chi connectivity index (χ3n) is 3.38. The maximum Gasteiger partial charge on any atom is 0.227 e. The van der Waals surface area contributed by atoms with Crippen molar-refractivity contribution >= 4 is 29.9 Å². The summed E-state index contributed by atoms with van der Waals surface area (Å²) in [5.74, 6) is 0.248. The van der Waals surface area contributed by atoms with Gasteiger partial charge in [-0.15, -0.1) is 12.4 Å². The van der Waals surface area contributed by atoms with Crippen molar-refractivity contribution in [3.8, 4) is 0 Å². The van der Waals surface area contributed by atoms with Crippen molar-refractivity contribution in [2.24, 2.45) is 11.7 Å². The number of nitrogens with two attached hydrogens (primary N) is 1. The third-order valence-corrected chi connectivity index (χ3v) is 3.38. The molecule has 1 saturated carbocycles. The Hall–Kier alpha value is -1.59. The van der Waals surface area contributed by atoms with Crippen LogP contribution < -0.4 is 16.4 Å². The normalized spacial score (nSPS) is 14.8. The highest BCUT2D eigenvalue weighted by atomic mass is 35.5. The quantitative estimate of drug-likeness (QED) is 0.751. The minimum atomic E-state index is -0.0674. The molecular weight excluding hydrogens is 290 g/mol. The molecular formula is C15H22ClN3O2. The molecule has 1 unspecified atom stereocenters. The van der Waals surface area contributed by atoms with E-state index < -0.39 is 0 Å². The molecule has 0 bridgehead atoms. The fourth-order valence-electron chi connectivity index (χ4n) is 1.97. The van der Waals surface area contributed by atoms with Gasteiger partial charge >= 0.3 is 0 Å². The average Bonchev–Trinajstić information content (AvgIpc) is 3.24. The number of rotatable bonds is 6. The van der Waals surface area contributed by atoms with Crippen LogP contribution in [0.1, 0.15) is 37.8 Å². The Labute approximate surface area is 131 Å². The molecule has 0 spiro atoms. The minimum absolute atomic E-state index is 0. The molecule has 4 N–H and O–H groups in total. The van der Waals surface area contributed by atoms with Gasteiger partial charge in [-0.05, 0) is 37.5 Å². The van der Waals surface area contributed by atoms with Crippen LogP contribution in [0.15, 0.2) is 24.3 Å². The first-order chi connectivity index (χ1) is 9.60. The molecule has 1 fully saturated rings. The van der Waals surface area contributed by atoms with E-state index in [1.54, 1.807) is 0 Å². The summed E-state index contributed by atoms with van der Waals surface area (Å²) in [6.07, 6.45) is 2.32. The van der Waals surface area contributed by atoms with E-state index in [1.165, 1.54) is 0 Å². The van der Waals surface area contributed by atoms with Gasteiger partial charge in [-0.1, -0.05) is 12.1 Å². The fourth-order valence-corrected chi connectivity index (χ4v) is 1.97. The lowest BCUT2D eigenvalue weighted by Crippen LogP contribution is -2.28. The molecule has 2 rings (SSSR count). The average molecular weight is 312 g/mol. The Morgan fingerprint density at radius 2 is 1.90 bits per heavy atom. The van der Waals surface area contributed by atoms with Crippen LogP contribution in [0, 0.1) is 5.92 Å². The molecule has 2 amide bonds. The van der Waals surface area contributed by atoms with Crippen molar-refractivity contribution in [3.63, 3.8) is 0 Å². The van der Waals surface area contributed by atoms with Crippen LogP contribution >= 0.6 is 12.4 Å². The Bertz CT molecular complexity index is 486. The molecule has 1 aromatic carbocycles. The maximum atomic E-state index is 11.6. The second kappa shape index (κ2) is 8.00. The van der Waals surface area contributed by atoms with E-state index >= 15 is 0 Å². The van der Waals surface area contributed by atoms with Gasteiger partial charge < -0.3 is 16.4 Å². The van der Waals surface area contributed by atoms with Crippen LogP contribution in [-0.2, 0) is 9.59 Å². The SMILES string of the molecule is CC(NC(=O)CCN)c1ccc(NC(=O)C2CC2)cc1.Cl. The van der Waals surface area contributed by atoms with Crippen LogP contribution in [0.2, 0.25) is 0 Å². The van der Waals surface area contributed by atoms with E-state index in [2.05, 4.69) is 10.6 Å². The number of benzene rings is 1. The zero-order chi connectivity index (χ0) is 14.5. The molecule has 0 radical (unpaired) electrons. The molecule has 0 saturated heterocycles. The Morgan fingerprint density at radius 1 is 1.29 bits per heavy atom. The van der Waals surface area contributed by atoms with Crippen LogP contribution in [0.25, 0.3) is 0 Å². The smallest absolute Gasteiger partial charge is 0.227 e. The molecule has 5 nitrogen and oxygen atoms in total. The molecule has 0 aromatic heterocycles. The van der Waals surface area contributed by atoms with Crippen molar-refractivity contribution in [1.82, 2.24) is 5.32 Å². The second-order valence-corrected chi connectivity index (χ2v) is 5.21. The van der Waals surface area contributed by atoms with Crippen molar-refractivity contribution < 1.29 is 9.59 Å². The number of halogens is 1. The van der Waals surface area contributed by atoms with Crippen LogP contribution in [0.3, 0.4) is 0 Å². The van der Waals surface area contributed by atoms with Gasteiger partial charge in [-0.2, -0.15) is 0 Å². The first-order valence-corrected chi connectivity index (χ1v) is 7.00. The summed E-state index contributed by atoms with van der Waals surface area (Å²) in [6.45, 7) is 2.27. The number of carbonyl (C=O) groups is 2. The number of carbonyl (C=O) groups excluding carboxylic acids is 2. The van der Waals surface area contributed by atoms with Crippen LogP contribution in [-0.4, -0.2) is 18.4 Å². The first kappa shape index (κ1) is 17.5. The zero-order valence-corrected chi connectivity index (χ0v) is 12.9. The molecule has 1 aromatic rings. The Morgan fingerprint density at radius 3 is 2.43 bits per heavy atom. The first-order valence-electron chi connectivity index (χ1n) is 7.00. The molecule has 21 heavy (non-hydrogen) atoms. The van der Waals surface area contributed by atoms with Crippen LogP contribution in [0.4, 0.5) is 5.69 Å². The van der Waals surface area contributed by atoms with Crippen LogP contribution in [0.5, 0.6) is 0 Å². The number of hydrogen-bond donors (Lipinski definition) is 3. The molecule has 0 aliphatic heterocycles. The summed E-state index contributed by atoms with van der Waals surface area (Å²) in [6, 6.07) is 7.48. The lowest BCUT2D eigenvalue weighted by atomic mass is 10.1. The standard InChI is InChI=1S/C15H21N3O2.ClH/c1-10(17-14(19)8-9-16)11-4-6-13(7-5-11)18-15(20)12-2-3-12;/h4-7,10,12H,2-3,8-9,16H2,1H3,(H,17,19)(H,18,20);1H. The van der Waals surface area contributed by atoms with Crippen molar-refractivity contribution in [2.45, 2.75) is 32.2 Å². The summed E-state index contributed by atoms with van der Waals surface area (Å²) in [4.78, 5) is 23.1. The zero-order valence-electron chi connectivity index (χ0n) is 12.1. The van der Waals surface area contributed by atoms with Gasteiger partial charge in [0, 0.05) is 24.6 Å². The number of hydrogen-bond acceptors (Lipinski definition) is 3. The van der Waals surface area contributed by atoms with E-state index in [0.717, 1.165) is 24.1 Å². The van der Waals surface area contributed by atoms with Gasteiger partial charge in [0.1, 0.15) is 0 Å². The van der Waals surface area contributed by atoms with Gasteiger partial charge in [-0.3, -0.25) is 9.59 Å². The molecule has 116 valence electrons. The van der Waals surface area contributed by atoms with Gasteiger partial charge in [-0.25, -0.2) is 0 Å². The monoisotopic (exact) mass is 311 g/mol. The number of nitrogens with one attached hydrogen (secondary N) is 2. The van der Waals surface area contributed by atoms with Crippen molar-refractivity contribution in [2.75, 3.05) is 11.9 Å². The number of amides is 2. The van der Waals surface area contributed by atoms with Crippen molar-refractivity contribution in [1.29, 1.82) is 0 Å². The highest BCUT2D eigenvalue weighted by Gasteiger charge is 2.29. The predicted molar refractivity (Wildman–Crippen MR) is 85.3 cm³/mol. The summed E-state index contributed by atoms with van der Waals surface area (Å²) in [5, 5.41) is 5.77. The maximum absolute atomic E-state index is 11.6. The lowest BCUT2D eigenvalue weighted by molar-refractivity contribution is -0.121. The Kier molecular flexibility index (Phi) is 6.65. The summed E-state index contributed by atoms with van der Waals surface area (Å²) < 4.78 is 0. The second-order valence-electron chi connectivity index (χ2n) is 5.21. The summed E-state index contributed by atoms with van der Waals surface area (Å²) >= 11 is 0. The van der Waals surface area contributed by atoms with E-state index in [1.807, 2.05) is 31.2 Å². The van der Waals surface area contributed by atoms with E-state index in [9.17, 15) is 9.59 Å². The van der Waals surface area contributed by atoms with Gasteiger partial charge in [0.2, 0.25) is 11.8 Å². The highest BCUT2D eigenvalue weighted by molar-refractivity contribution is 5.94.